The highest BCUT2D eigenvalue weighted by molar-refractivity contribution is 6.03. The van der Waals surface area contributed by atoms with Crippen molar-refractivity contribution in [3.63, 3.8) is 0 Å². The second-order valence-electron chi connectivity index (χ2n) is 5.29. The smallest absolute Gasteiger partial charge is 0.271 e. The van der Waals surface area contributed by atoms with Gasteiger partial charge in [0.05, 0.1) is 26.0 Å². The molecule has 0 radical (unpaired) electrons. The molecular weight excluding hydrogens is 286 g/mol. The Morgan fingerprint density at radius 2 is 1.95 bits per heavy atom. The predicted octanol–water partition coefficient (Wildman–Crippen LogP) is 1.46. The van der Waals surface area contributed by atoms with E-state index in [2.05, 4.69) is 0 Å². The minimum absolute atomic E-state index is 0.152. The van der Waals surface area contributed by atoms with Crippen LogP contribution in [0.4, 0.5) is 5.69 Å². The van der Waals surface area contributed by atoms with Gasteiger partial charge in [-0.05, 0) is 30.5 Å². The maximum Gasteiger partial charge on any atom is 0.271 e. The molecule has 0 aliphatic carbocycles. The molecule has 6 nitrogen and oxygen atoms in total. The molecule has 1 heterocycles. The van der Waals surface area contributed by atoms with Gasteiger partial charge in [0.15, 0.2) is 17.1 Å². The number of fused-ring (bicyclic) bond motifs is 1. The van der Waals surface area contributed by atoms with Gasteiger partial charge in [0, 0.05) is 6.54 Å². The average Bonchev–Trinajstić information content (AvgIpc) is 2.56. The number of benzene rings is 1. The number of aliphatic hydroxyl groups is 2. The largest absolute Gasteiger partial charge is 0.493 e. The van der Waals surface area contributed by atoms with Crippen LogP contribution in [0.25, 0.3) is 0 Å². The average molecular weight is 309 g/mol. The number of hydrogen-bond donors (Lipinski definition) is 2. The summed E-state index contributed by atoms with van der Waals surface area (Å²) >= 11 is 0. The molecule has 1 aliphatic rings. The third kappa shape index (κ3) is 2.53. The summed E-state index contributed by atoms with van der Waals surface area (Å²) in [5, 5.41) is 18.7. The topological polar surface area (TPSA) is 79.2 Å². The molecule has 0 fully saturated rings. The molecule has 0 bridgehead atoms. The van der Waals surface area contributed by atoms with E-state index in [4.69, 9.17) is 9.47 Å². The Morgan fingerprint density at radius 1 is 1.27 bits per heavy atom. The first kappa shape index (κ1) is 16.6. The Bertz CT molecular complexity index is 554. The molecule has 22 heavy (non-hydrogen) atoms. The number of amides is 1. The Balaban J connectivity index is 2.65. The number of ether oxygens (including phenoxy) is 2. The van der Waals surface area contributed by atoms with Crippen molar-refractivity contribution in [3.05, 3.63) is 17.7 Å². The molecule has 2 N–H and O–H groups in total. The quantitative estimate of drug-likeness (QED) is 0.832. The van der Waals surface area contributed by atoms with Crippen LogP contribution >= 0.6 is 0 Å². The maximum absolute atomic E-state index is 12.8. The predicted molar refractivity (Wildman–Crippen MR) is 82.3 cm³/mol. The van der Waals surface area contributed by atoms with E-state index in [1.165, 1.54) is 12.0 Å². The van der Waals surface area contributed by atoms with Gasteiger partial charge >= 0.3 is 0 Å². The van der Waals surface area contributed by atoms with Gasteiger partial charge in [-0.15, -0.1) is 0 Å². The van der Waals surface area contributed by atoms with Crippen molar-refractivity contribution in [3.8, 4) is 11.5 Å². The van der Waals surface area contributed by atoms with Crippen molar-refractivity contribution in [2.75, 3.05) is 25.2 Å². The number of anilines is 1. The van der Waals surface area contributed by atoms with Gasteiger partial charge in [-0.2, -0.15) is 0 Å². The fraction of sp³-hybridized carbons (Fsp3) is 0.562. The molecule has 0 unspecified atom stereocenters. The van der Waals surface area contributed by atoms with E-state index in [1.54, 1.807) is 12.1 Å². The summed E-state index contributed by atoms with van der Waals surface area (Å²) in [6, 6.07) is 3.39. The van der Waals surface area contributed by atoms with Crippen molar-refractivity contribution in [1.82, 2.24) is 0 Å². The zero-order valence-corrected chi connectivity index (χ0v) is 13.3. The molecule has 1 amide bonds. The summed E-state index contributed by atoms with van der Waals surface area (Å²) in [6.45, 7) is 3.66. The van der Waals surface area contributed by atoms with Gasteiger partial charge in [-0.1, -0.05) is 13.8 Å². The summed E-state index contributed by atoms with van der Waals surface area (Å²) in [5.74, 6) is 0.788. The van der Waals surface area contributed by atoms with E-state index in [1.807, 2.05) is 13.8 Å². The molecular formula is C16H23NO5. The zero-order chi connectivity index (χ0) is 16.3. The van der Waals surface area contributed by atoms with Gasteiger partial charge < -0.3 is 24.6 Å². The Kier molecular flexibility index (Phi) is 4.93. The summed E-state index contributed by atoms with van der Waals surface area (Å²) in [6.07, 6.45) is 1.04. The lowest BCUT2D eigenvalue weighted by molar-refractivity contribution is -0.136. The van der Waals surface area contributed by atoms with Crippen LogP contribution in [-0.4, -0.2) is 42.0 Å². The fourth-order valence-corrected chi connectivity index (χ4v) is 2.80. The zero-order valence-electron chi connectivity index (χ0n) is 13.3. The molecule has 1 aromatic carbocycles. The number of β-amino-alcohol motifs (C(OH)–C–C–N with tert-alkyl or cyclic N) is 1. The summed E-state index contributed by atoms with van der Waals surface area (Å²) < 4.78 is 11.4. The Labute approximate surface area is 130 Å². The van der Waals surface area contributed by atoms with E-state index in [0.717, 1.165) is 0 Å². The van der Waals surface area contributed by atoms with E-state index < -0.39 is 5.60 Å². The Hall–Kier alpha value is -1.79. The van der Waals surface area contributed by atoms with Gasteiger partial charge in [0.1, 0.15) is 0 Å². The number of methoxy groups -OCH3 is 1. The van der Waals surface area contributed by atoms with E-state index in [9.17, 15) is 15.0 Å². The molecule has 0 aromatic heterocycles. The Morgan fingerprint density at radius 3 is 2.45 bits per heavy atom. The lowest BCUT2D eigenvalue weighted by Gasteiger charge is -2.42. The van der Waals surface area contributed by atoms with Crippen molar-refractivity contribution < 1.29 is 24.5 Å². The molecule has 0 atom stereocenters. The minimum atomic E-state index is -0.948. The maximum atomic E-state index is 12.8. The molecule has 122 valence electrons. The highest BCUT2D eigenvalue weighted by atomic mass is 16.5. The van der Waals surface area contributed by atoms with Gasteiger partial charge in [-0.25, -0.2) is 0 Å². The monoisotopic (exact) mass is 309 g/mol. The second-order valence-corrected chi connectivity index (χ2v) is 5.29. The van der Waals surface area contributed by atoms with Crippen LogP contribution in [0.5, 0.6) is 11.5 Å². The van der Waals surface area contributed by atoms with Crippen LogP contribution in [0.3, 0.4) is 0 Å². The van der Waals surface area contributed by atoms with Crippen LogP contribution < -0.4 is 14.4 Å². The summed E-state index contributed by atoms with van der Waals surface area (Å²) in [5.41, 5.74) is 0.200. The van der Waals surface area contributed by atoms with Crippen LogP contribution in [0.1, 0.15) is 32.3 Å². The van der Waals surface area contributed by atoms with Crippen LogP contribution in [0.2, 0.25) is 0 Å². The second kappa shape index (κ2) is 6.54. The first-order chi connectivity index (χ1) is 10.6. The lowest BCUT2D eigenvalue weighted by Crippen LogP contribution is -2.56. The van der Waals surface area contributed by atoms with Crippen LogP contribution in [0.15, 0.2) is 12.1 Å². The van der Waals surface area contributed by atoms with E-state index >= 15 is 0 Å². The highest BCUT2D eigenvalue weighted by Gasteiger charge is 2.46. The molecule has 0 saturated carbocycles. The molecule has 0 spiro atoms. The number of carbonyl (C=O) groups is 1. The summed E-state index contributed by atoms with van der Waals surface area (Å²) in [4.78, 5) is 14.4. The lowest BCUT2D eigenvalue weighted by atomic mass is 9.92. The van der Waals surface area contributed by atoms with Crippen LogP contribution in [0, 0.1) is 0 Å². The fourth-order valence-electron chi connectivity index (χ4n) is 2.80. The number of hydrogen-bond acceptors (Lipinski definition) is 5. The van der Waals surface area contributed by atoms with Crippen molar-refractivity contribution >= 4 is 11.6 Å². The van der Waals surface area contributed by atoms with E-state index in [0.29, 0.717) is 35.6 Å². The van der Waals surface area contributed by atoms with Gasteiger partial charge in [0.2, 0.25) is 0 Å². The third-order valence-corrected chi connectivity index (χ3v) is 4.19. The normalized spacial score (nSPS) is 16.2. The van der Waals surface area contributed by atoms with Gasteiger partial charge in [0.25, 0.3) is 5.91 Å². The molecule has 1 aromatic rings. The number of aliphatic hydroxyl groups excluding tert-OH is 2. The molecule has 2 rings (SSSR count). The third-order valence-electron chi connectivity index (χ3n) is 4.19. The summed E-state index contributed by atoms with van der Waals surface area (Å²) in [7, 11) is 1.52. The first-order valence-corrected chi connectivity index (χ1v) is 7.50. The van der Waals surface area contributed by atoms with Gasteiger partial charge in [-0.3, -0.25) is 4.79 Å². The molecule has 1 aliphatic heterocycles. The SMILES string of the molecule is CCC1(CC)Oc2c(OC)cc(CO)cc2N(CCO)C1=O. The van der Waals surface area contributed by atoms with Crippen LogP contribution in [-0.2, 0) is 11.4 Å². The van der Waals surface area contributed by atoms with Crippen molar-refractivity contribution in [2.45, 2.75) is 38.9 Å². The number of rotatable bonds is 6. The number of carbonyl (C=O) groups excluding carboxylic acids is 1. The number of nitrogens with zero attached hydrogens (tertiary/aromatic N) is 1. The van der Waals surface area contributed by atoms with Crippen molar-refractivity contribution in [1.29, 1.82) is 0 Å². The standard InChI is InChI=1S/C16H23NO5/c1-4-16(5-2)15(20)17(6-7-18)12-8-11(10-19)9-13(21-3)14(12)22-16/h8-9,18-19H,4-7,10H2,1-3H3. The van der Waals surface area contributed by atoms with E-state index in [-0.39, 0.29) is 25.7 Å². The van der Waals surface area contributed by atoms with Crippen molar-refractivity contribution in [2.24, 2.45) is 0 Å². The molecule has 6 heteroatoms. The minimum Gasteiger partial charge on any atom is -0.493 e. The highest BCUT2D eigenvalue weighted by Crippen LogP contribution is 2.46. The molecule has 0 saturated heterocycles. The first-order valence-electron chi connectivity index (χ1n) is 7.50.